The summed E-state index contributed by atoms with van der Waals surface area (Å²) in [5.74, 6) is -0.264. The third-order valence-corrected chi connectivity index (χ3v) is 6.96. The van der Waals surface area contributed by atoms with E-state index >= 15 is 0 Å². The molecule has 0 unspecified atom stereocenters. The molecule has 0 radical (unpaired) electrons. The molecule has 7 nitrogen and oxygen atoms in total. The number of imide groups is 1. The van der Waals surface area contributed by atoms with E-state index in [1.807, 2.05) is 24.3 Å². The molecule has 164 valence electrons. The van der Waals surface area contributed by atoms with E-state index in [1.165, 1.54) is 0 Å². The molecule has 0 spiro atoms. The van der Waals surface area contributed by atoms with E-state index in [9.17, 15) is 14.4 Å². The van der Waals surface area contributed by atoms with E-state index in [1.54, 1.807) is 0 Å². The van der Waals surface area contributed by atoms with Crippen LogP contribution in [0.4, 0.5) is 4.79 Å². The zero-order chi connectivity index (χ0) is 22.2. The third kappa shape index (κ3) is 4.01. The van der Waals surface area contributed by atoms with E-state index in [0.717, 1.165) is 52.7 Å². The van der Waals surface area contributed by atoms with Crippen molar-refractivity contribution in [3.63, 3.8) is 0 Å². The number of amides is 3. The minimum Gasteiger partial charge on any atom is -0.460 e. The Morgan fingerprint density at radius 2 is 2.06 bits per heavy atom. The number of urea groups is 1. The van der Waals surface area contributed by atoms with Crippen LogP contribution in [-0.2, 0) is 22.4 Å². The van der Waals surface area contributed by atoms with Gasteiger partial charge in [-0.25, -0.2) is 9.59 Å². The highest BCUT2D eigenvalue weighted by atomic mass is 16.5. The number of hydrogen-bond donors (Lipinski definition) is 1. The van der Waals surface area contributed by atoms with Crippen LogP contribution in [0.15, 0.2) is 24.3 Å². The highest BCUT2D eigenvalue weighted by Gasteiger charge is 2.35. The van der Waals surface area contributed by atoms with E-state index in [0.29, 0.717) is 11.5 Å². The lowest BCUT2D eigenvalue weighted by Crippen LogP contribution is -2.34. The van der Waals surface area contributed by atoms with Gasteiger partial charge < -0.3 is 10.1 Å². The number of aromatic nitrogens is 1. The molecule has 0 bridgehead atoms. The maximum atomic E-state index is 13.2. The Morgan fingerprint density at radius 1 is 1.29 bits per heavy atom. The fourth-order valence-corrected chi connectivity index (χ4v) is 4.56. The van der Waals surface area contributed by atoms with Gasteiger partial charge in [0.1, 0.15) is 6.61 Å². The Labute approximate surface area is 182 Å². The zero-order valence-electron chi connectivity index (χ0n) is 18.4. The summed E-state index contributed by atoms with van der Waals surface area (Å²) in [7, 11) is 0. The Kier molecular flexibility index (Phi) is 5.69. The first-order valence-corrected chi connectivity index (χ1v) is 11.0. The van der Waals surface area contributed by atoms with E-state index in [2.05, 4.69) is 26.1 Å². The largest absolute Gasteiger partial charge is 0.460 e. The van der Waals surface area contributed by atoms with Crippen molar-refractivity contribution in [3.05, 3.63) is 41.1 Å². The Hall–Kier alpha value is -2.96. The summed E-state index contributed by atoms with van der Waals surface area (Å²) in [5.41, 5.74) is 3.50. The average molecular weight is 424 g/mol. The van der Waals surface area contributed by atoms with Crippen molar-refractivity contribution in [2.24, 2.45) is 11.3 Å². The second-order valence-corrected chi connectivity index (χ2v) is 9.05. The third-order valence-electron chi connectivity index (χ3n) is 6.96. The average Bonchev–Trinajstić information content (AvgIpc) is 3.09. The number of pyridine rings is 1. The second kappa shape index (κ2) is 8.29. The SMILES string of the molecule is CCC(C)(C)[C@H]1CCc2nc3ccccc3c(C(=O)OCCN3C(=O)CNC3=O)c2C1. The molecular weight excluding hydrogens is 394 g/mol. The van der Waals surface area contributed by atoms with Gasteiger partial charge in [0.05, 0.1) is 24.2 Å². The molecule has 1 atom stereocenters. The smallest absolute Gasteiger partial charge is 0.339 e. The first kappa shape index (κ1) is 21.3. The van der Waals surface area contributed by atoms with E-state index < -0.39 is 12.0 Å². The predicted octanol–water partition coefficient (Wildman–Crippen LogP) is 3.48. The Morgan fingerprint density at radius 3 is 2.77 bits per heavy atom. The number of fused-ring (bicyclic) bond motifs is 2. The zero-order valence-corrected chi connectivity index (χ0v) is 18.4. The van der Waals surface area contributed by atoms with Crippen LogP contribution in [0.3, 0.4) is 0 Å². The minimum absolute atomic E-state index is 0.0100. The van der Waals surface area contributed by atoms with Gasteiger partial charge in [0, 0.05) is 11.1 Å². The molecular formula is C24H29N3O4. The van der Waals surface area contributed by atoms with Crippen molar-refractivity contribution in [3.8, 4) is 0 Å². The number of ether oxygens (including phenoxy) is 1. The van der Waals surface area contributed by atoms with Crippen LogP contribution in [0.1, 0.15) is 55.2 Å². The first-order valence-electron chi connectivity index (χ1n) is 11.0. The number of nitrogens with one attached hydrogen (secondary N) is 1. The van der Waals surface area contributed by atoms with Gasteiger partial charge in [-0.15, -0.1) is 0 Å². The number of rotatable bonds is 6. The number of carbonyl (C=O) groups is 3. The van der Waals surface area contributed by atoms with Crippen LogP contribution in [0, 0.1) is 11.3 Å². The lowest BCUT2D eigenvalue weighted by atomic mass is 9.68. The monoisotopic (exact) mass is 423 g/mol. The summed E-state index contributed by atoms with van der Waals surface area (Å²) < 4.78 is 5.57. The highest BCUT2D eigenvalue weighted by molar-refractivity contribution is 6.05. The van der Waals surface area contributed by atoms with Crippen LogP contribution >= 0.6 is 0 Å². The molecule has 2 heterocycles. The fraction of sp³-hybridized carbons (Fsp3) is 0.500. The Bertz CT molecular complexity index is 1030. The molecule has 1 aliphatic carbocycles. The molecule has 4 rings (SSSR count). The molecule has 31 heavy (non-hydrogen) atoms. The number of para-hydroxylation sites is 1. The summed E-state index contributed by atoms with van der Waals surface area (Å²) in [6.07, 6.45) is 3.77. The summed E-state index contributed by atoms with van der Waals surface area (Å²) in [4.78, 5) is 42.6. The fourth-order valence-electron chi connectivity index (χ4n) is 4.56. The quantitative estimate of drug-likeness (QED) is 0.568. The van der Waals surface area contributed by atoms with Crippen LogP contribution in [0.25, 0.3) is 10.9 Å². The van der Waals surface area contributed by atoms with Gasteiger partial charge in [0.15, 0.2) is 0 Å². The summed E-state index contributed by atoms with van der Waals surface area (Å²) in [6.45, 7) is 6.78. The van der Waals surface area contributed by atoms with Crippen molar-refractivity contribution in [1.82, 2.24) is 15.2 Å². The van der Waals surface area contributed by atoms with Gasteiger partial charge in [0.2, 0.25) is 5.91 Å². The number of aryl methyl sites for hydroxylation is 1. The Balaban J connectivity index is 1.63. The maximum absolute atomic E-state index is 13.2. The van der Waals surface area contributed by atoms with Crippen molar-refractivity contribution >= 4 is 28.8 Å². The van der Waals surface area contributed by atoms with Gasteiger partial charge in [-0.05, 0) is 42.2 Å². The number of benzene rings is 1. The molecule has 2 aliphatic rings. The highest BCUT2D eigenvalue weighted by Crippen LogP contribution is 2.41. The number of hydrogen-bond acceptors (Lipinski definition) is 5. The number of esters is 1. The molecule has 1 N–H and O–H groups in total. The topological polar surface area (TPSA) is 88.6 Å². The molecule has 1 fully saturated rings. The molecule has 1 aromatic heterocycles. The van der Waals surface area contributed by atoms with Gasteiger partial charge >= 0.3 is 12.0 Å². The van der Waals surface area contributed by atoms with Crippen LogP contribution < -0.4 is 5.32 Å². The van der Waals surface area contributed by atoms with Crippen molar-refractivity contribution in [1.29, 1.82) is 0 Å². The lowest BCUT2D eigenvalue weighted by molar-refractivity contribution is -0.125. The van der Waals surface area contributed by atoms with Crippen molar-refractivity contribution in [2.45, 2.75) is 46.5 Å². The van der Waals surface area contributed by atoms with E-state index in [4.69, 9.17) is 9.72 Å². The summed E-state index contributed by atoms with van der Waals surface area (Å²) >= 11 is 0. The summed E-state index contributed by atoms with van der Waals surface area (Å²) in [5, 5.41) is 3.26. The standard InChI is InChI=1S/C24H29N3O4/c1-4-24(2,3)15-9-10-19-17(13-15)21(16-7-5-6-8-18(16)26-19)22(29)31-12-11-27-20(28)14-25-23(27)30/h5-8,15H,4,9-14H2,1-3H3,(H,25,30)/t15-/m0/s1. The molecule has 2 aromatic rings. The van der Waals surface area contributed by atoms with Crippen LogP contribution in [0.5, 0.6) is 0 Å². The number of nitrogens with zero attached hydrogens (tertiary/aromatic N) is 2. The van der Waals surface area contributed by atoms with Gasteiger partial charge in [-0.3, -0.25) is 14.7 Å². The van der Waals surface area contributed by atoms with E-state index in [-0.39, 0.29) is 31.0 Å². The molecule has 3 amide bonds. The van der Waals surface area contributed by atoms with Crippen LogP contribution in [-0.4, -0.2) is 47.5 Å². The van der Waals surface area contributed by atoms with Crippen LogP contribution in [0.2, 0.25) is 0 Å². The number of carbonyl (C=O) groups excluding carboxylic acids is 3. The predicted molar refractivity (Wildman–Crippen MR) is 117 cm³/mol. The van der Waals surface area contributed by atoms with Crippen molar-refractivity contribution < 1.29 is 19.1 Å². The minimum atomic E-state index is -0.447. The van der Waals surface area contributed by atoms with Gasteiger partial charge in [-0.2, -0.15) is 0 Å². The van der Waals surface area contributed by atoms with Crippen molar-refractivity contribution in [2.75, 3.05) is 19.7 Å². The second-order valence-electron chi connectivity index (χ2n) is 9.05. The van der Waals surface area contributed by atoms with Gasteiger partial charge in [-0.1, -0.05) is 45.4 Å². The molecule has 1 saturated heterocycles. The molecule has 0 saturated carbocycles. The maximum Gasteiger partial charge on any atom is 0.339 e. The normalized spacial score (nSPS) is 18.8. The summed E-state index contributed by atoms with van der Waals surface area (Å²) in [6, 6.07) is 7.20. The molecule has 1 aliphatic heterocycles. The molecule has 1 aromatic carbocycles. The lowest BCUT2D eigenvalue weighted by Gasteiger charge is -2.37. The molecule has 7 heteroatoms. The van der Waals surface area contributed by atoms with Gasteiger partial charge in [0.25, 0.3) is 0 Å². The first-order chi connectivity index (χ1) is 14.8.